The predicted octanol–water partition coefficient (Wildman–Crippen LogP) is 3.45. The van der Waals surface area contributed by atoms with Crippen molar-refractivity contribution in [2.24, 2.45) is 0 Å². The minimum absolute atomic E-state index is 0.842. The summed E-state index contributed by atoms with van der Waals surface area (Å²) in [4.78, 5) is 15.1. The molecule has 0 saturated carbocycles. The van der Waals surface area contributed by atoms with Crippen LogP contribution >= 0.6 is 0 Å². The Morgan fingerprint density at radius 2 is 1.09 bits per heavy atom. The maximum atomic E-state index is 11.0. The zero-order valence-electron chi connectivity index (χ0n) is 13.6. The number of nitrogens with zero attached hydrogens (tertiary/aromatic N) is 2. The van der Waals surface area contributed by atoms with Gasteiger partial charge in [0.05, 0.1) is 0 Å². The van der Waals surface area contributed by atoms with Gasteiger partial charge in [-0.05, 0) is 47.0 Å². The molecule has 0 unspecified atom stereocenters. The van der Waals surface area contributed by atoms with E-state index in [2.05, 4.69) is 34.1 Å². The summed E-state index contributed by atoms with van der Waals surface area (Å²) in [5.41, 5.74) is 5.28. The lowest BCUT2D eigenvalue weighted by Gasteiger charge is -2.15. The third-order valence-corrected chi connectivity index (χ3v) is 3.62. The lowest BCUT2D eigenvalue weighted by atomic mass is 9.97. The second-order valence-electron chi connectivity index (χ2n) is 5.60. The second kappa shape index (κ2) is 6.94. The molecule has 0 atom stereocenters. The number of carbonyl (C=O) groups is 1. The highest BCUT2D eigenvalue weighted by molar-refractivity contribution is 5.90. The van der Waals surface area contributed by atoms with Crippen molar-refractivity contribution < 1.29 is 4.79 Å². The summed E-state index contributed by atoms with van der Waals surface area (Å²) in [5, 5.41) is 0. The van der Waals surface area contributed by atoms with Gasteiger partial charge in [0.1, 0.15) is 6.29 Å². The molecule has 114 valence electrons. The van der Waals surface area contributed by atoms with Crippen molar-refractivity contribution in [1.82, 2.24) is 0 Å². The van der Waals surface area contributed by atoms with E-state index in [-0.39, 0.29) is 0 Å². The van der Waals surface area contributed by atoms with Crippen molar-refractivity contribution in [3.8, 4) is 0 Å². The number of carbonyl (C=O) groups excluding carboxylic acids is 1. The lowest BCUT2D eigenvalue weighted by molar-refractivity contribution is -0.104. The normalized spacial score (nSPS) is 10.0. The largest absolute Gasteiger partial charge is 0.378 e. The fraction of sp³-hybridized carbons (Fsp3) is 0.211. The molecule has 0 amide bonds. The molecule has 3 heteroatoms. The van der Waals surface area contributed by atoms with Crippen molar-refractivity contribution in [2.45, 2.75) is 0 Å². The van der Waals surface area contributed by atoms with Crippen molar-refractivity contribution in [1.29, 1.82) is 0 Å². The zero-order chi connectivity index (χ0) is 16.1. The highest BCUT2D eigenvalue weighted by atomic mass is 16.1. The first-order valence-electron chi connectivity index (χ1n) is 7.24. The Morgan fingerprint density at radius 1 is 0.727 bits per heavy atom. The van der Waals surface area contributed by atoms with Crippen LogP contribution in [0.3, 0.4) is 0 Å². The average molecular weight is 294 g/mol. The molecule has 2 aromatic rings. The molecule has 3 nitrogen and oxygen atoms in total. The van der Waals surface area contributed by atoms with Gasteiger partial charge in [-0.1, -0.05) is 24.3 Å². The fourth-order valence-corrected chi connectivity index (χ4v) is 2.31. The first-order valence-corrected chi connectivity index (χ1v) is 7.24. The number of rotatable bonds is 5. The van der Waals surface area contributed by atoms with E-state index in [1.165, 1.54) is 0 Å². The summed E-state index contributed by atoms with van der Waals surface area (Å²) in [6.45, 7) is 0. The molecule has 0 radical (unpaired) electrons. The lowest BCUT2D eigenvalue weighted by Crippen LogP contribution is -2.08. The molecule has 0 aliphatic rings. The van der Waals surface area contributed by atoms with Crippen LogP contribution in [0.25, 0.3) is 5.57 Å². The first kappa shape index (κ1) is 15.8. The highest BCUT2D eigenvalue weighted by Crippen LogP contribution is 2.26. The minimum atomic E-state index is 0.842. The van der Waals surface area contributed by atoms with Crippen LogP contribution < -0.4 is 9.80 Å². The van der Waals surface area contributed by atoms with Crippen LogP contribution in [0.5, 0.6) is 0 Å². The minimum Gasteiger partial charge on any atom is -0.378 e. The molecule has 0 fully saturated rings. The van der Waals surface area contributed by atoms with Crippen molar-refractivity contribution in [2.75, 3.05) is 38.0 Å². The molecular formula is C19H22N2O. The summed E-state index contributed by atoms with van der Waals surface area (Å²) in [6, 6.07) is 16.4. The Labute approximate surface area is 132 Å². The number of allylic oxidation sites excluding steroid dienone is 1. The van der Waals surface area contributed by atoms with Crippen LogP contribution in [-0.2, 0) is 4.79 Å². The van der Waals surface area contributed by atoms with Gasteiger partial charge in [0.2, 0.25) is 0 Å². The number of anilines is 2. The van der Waals surface area contributed by atoms with Crippen molar-refractivity contribution in [3.63, 3.8) is 0 Å². The number of hydrogen-bond acceptors (Lipinski definition) is 3. The van der Waals surface area contributed by atoms with Gasteiger partial charge in [-0.3, -0.25) is 4.79 Å². The smallest absolute Gasteiger partial charge is 0.143 e. The quantitative estimate of drug-likeness (QED) is 0.623. The molecule has 0 aliphatic carbocycles. The standard InChI is InChI=1S/C19H22N2O/c1-20(2)17-9-5-15(6-10-17)19(13-14-22)16-7-11-18(12-8-16)21(3)4/h5-14H,1-4H3. The molecule has 0 spiro atoms. The van der Waals surface area contributed by atoms with E-state index >= 15 is 0 Å². The van der Waals surface area contributed by atoms with Crippen LogP contribution in [0.1, 0.15) is 11.1 Å². The number of aldehydes is 1. The SMILES string of the molecule is CN(C)c1ccc(C(=CC=O)c2ccc(N(C)C)cc2)cc1. The van der Waals surface area contributed by atoms with Crippen LogP contribution in [0.4, 0.5) is 11.4 Å². The maximum absolute atomic E-state index is 11.0. The van der Waals surface area contributed by atoms with Crippen LogP contribution in [-0.4, -0.2) is 34.5 Å². The van der Waals surface area contributed by atoms with E-state index < -0.39 is 0 Å². The van der Waals surface area contributed by atoms with Gasteiger partial charge < -0.3 is 9.80 Å². The maximum Gasteiger partial charge on any atom is 0.143 e. The first-order chi connectivity index (χ1) is 10.5. The Hall–Kier alpha value is -2.55. The third-order valence-electron chi connectivity index (χ3n) is 3.62. The summed E-state index contributed by atoms with van der Waals surface area (Å²) in [6.07, 6.45) is 2.46. The van der Waals surface area contributed by atoms with Crippen LogP contribution in [0.15, 0.2) is 54.6 Å². The van der Waals surface area contributed by atoms with Crippen LogP contribution in [0, 0.1) is 0 Å². The summed E-state index contributed by atoms with van der Waals surface area (Å²) in [5.74, 6) is 0. The van der Waals surface area contributed by atoms with Gasteiger partial charge in [0.15, 0.2) is 0 Å². The van der Waals surface area contributed by atoms with E-state index in [0.29, 0.717) is 0 Å². The topological polar surface area (TPSA) is 23.6 Å². The Balaban J connectivity index is 2.38. The van der Waals surface area contributed by atoms with Gasteiger partial charge in [0, 0.05) is 39.6 Å². The molecule has 0 heterocycles. The van der Waals surface area contributed by atoms with Gasteiger partial charge in [-0.25, -0.2) is 0 Å². The van der Waals surface area contributed by atoms with E-state index in [9.17, 15) is 4.79 Å². The summed E-state index contributed by atoms with van der Waals surface area (Å²) < 4.78 is 0. The van der Waals surface area contributed by atoms with Crippen molar-refractivity contribution >= 4 is 23.2 Å². The van der Waals surface area contributed by atoms with Crippen molar-refractivity contribution in [3.05, 3.63) is 65.7 Å². The summed E-state index contributed by atoms with van der Waals surface area (Å²) >= 11 is 0. The second-order valence-corrected chi connectivity index (χ2v) is 5.60. The van der Waals surface area contributed by atoms with Gasteiger partial charge in [-0.2, -0.15) is 0 Å². The predicted molar refractivity (Wildman–Crippen MR) is 94.7 cm³/mol. The molecule has 0 aromatic heterocycles. The number of benzene rings is 2. The van der Waals surface area contributed by atoms with Gasteiger partial charge in [-0.15, -0.1) is 0 Å². The molecular weight excluding hydrogens is 272 g/mol. The molecule has 2 aromatic carbocycles. The molecule has 0 saturated heterocycles. The van der Waals surface area contributed by atoms with Gasteiger partial charge >= 0.3 is 0 Å². The van der Waals surface area contributed by atoms with E-state index in [1.807, 2.05) is 52.5 Å². The average Bonchev–Trinajstić information content (AvgIpc) is 2.53. The fourth-order valence-electron chi connectivity index (χ4n) is 2.31. The number of hydrogen-bond donors (Lipinski definition) is 0. The monoisotopic (exact) mass is 294 g/mol. The highest BCUT2D eigenvalue weighted by Gasteiger charge is 2.06. The molecule has 22 heavy (non-hydrogen) atoms. The van der Waals surface area contributed by atoms with Crippen LogP contribution in [0.2, 0.25) is 0 Å². The zero-order valence-corrected chi connectivity index (χ0v) is 13.6. The molecule has 0 aliphatic heterocycles. The Kier molecular flexibility index (Phi) is 4.99. The summed E-state index contributed by atoms with van der Waals surface area (Å²) in [7, 11) is 8.04. The molecule has 0 bridgehead atoms. The molecule has 2 rings (SSSR count). The third kappa shape index (κ3) is 3.55. The Bertz CT molecular complexity index is 599. The Morgan fingerprint density at radius 3 is 1.36 bits per heavy atom. The van der Waals surface area contributed by atoms with E-state index in [0.717, 1.165) is 34.4 Å². The van der Waals surface area contributed by atoms with E-state index in [4.69, 9.17) is 0 Å². The van der Waals surface area contributed by atoms with Gasteiger partial charge in [0.25, 0.3) is 0 Å². The van der Waals surface area contributed by atoms with E-state index in [1.54, 1.807) is 6.08 Å². The molecule has 0 N–H and O–H groups in total.